The van der Waals surface area contributed by atoms with E-state index in [9.17, 15) is 18.0 Å². The van der Waals surface area contributed by atoms with Gasteiger partial charge in [-0.1, -0.05) is 19.8 Å². The smallest absolute Gasteiger partial charge is 0.372 e. The number of ether oxygens (including phenoxy) is 1. The van der Waals surface area contributed by atoms with Gasteiger partial charge in [-0.3, -0.25) is 4.79 Å². The van der Waals surface area contributed by atoms with E-state index in [2.05, 4.69) is 10.1 Å². The summed E-state index contributed by atoms with van der Waals surface area (Å²) < 4.78 is 40.1. The Bertz CT molecular complexity index is 323. The highest BCUT2D eigenvalue weighted by Crippen LogP contribution is 2.32. The molecule has 4 nitrogen and oxygen atoms in total. The van der Waals surface area contributed by atoms with Gasteiger partial charge >= 0.3 is 6.18 Å². The van der Waals surface area contributed by atoms with Crippen LogP contribution in [0.15, 0.2) is 0 Å². The molecule has 0 aromatic heterocycles. The van der Waals surface area contributed by atoms with Gasteiger partial charge in [0.25, 0.3) is 0 Å². The molecule has 118 valence electrons. The number of carbonyl (C=O) groups is 1. The third-order valence-electron chi connectivity index (χ3n) is 3.95. The summed E-state index contributed by atoms with van der Waals surface area (Å²) >= 11 is 0. The highest BCUT2D eigenvalue weighted by atomic mass is 19.4. The molecule has 7 heteroatoms. The topological polar surface area (TPSA) is 64.3 Å². The van der Waals surface area contributed by atoms with E-state index >= 15 is 0 Å². The summed E-state index contributed by atoms with van der Waals surface area (Å²) in [5.41, 5.74) is 5.38. The second-order valence-corrected chi connectivity index (χ2v) is 5.47. The molecule has 0 saturated heterocycles. The van der Waals surface area contributed by atoms with Gasteiger partial charge in [-0.2, -0.15) is 13.2 Å². The number of hydrogen-bond donors (Lipinski definition) is 2. The van der Waals surface area contributed by atoms with Gasteiger partial charge in [0.05, 0.1) is 12.1 Å². The molecule has 0 aromatic carbocycles. The Morgan fingerprint density at radius 1 is 1.45 bits per heavy atom. The molecule has 1 amide bonds. The first-order chi connectivity index (χ1) is 9.29. The van der Waals surface area contributed by atoms with Gasteiger partial charge in [0.1, 0.15) is 6.61 Å². The van der Waals surface area contributed by atoms with Crippen LogP contribution >= 0.6 is 0 Å². The van der Waals surface area contributed by atoms with Crippen LogP contribution in [0.3, 0.4) is 0 Å². The number of alkyl halides is 3. The summed E-state index contributed by atoms with van der Waals surface area (Å²) in [7, 11) is 0. The second-order valence-electron chi connectivity index (χ2n) is 5.47. The van der Waals surface area contributed by atoms with E-state index in [0.717, 1.165) is 25.7 Å². The van der Waals surface area contributed by atoms with E-state index in [1.165, 1.54) is 0 Å². The van der Waals surface area contributed by atoms with Gasteiger partial charge in [0.15, 0.2) is 0 Å². The first kappa shape index (κ1) is 17.2. The fourth-order valence-electron chi connectivity index (χ4n) is 2.65. The minimum absolute atomic E-state index is 0.0788. The Labute approximate surface area is 117 Å². The van der Waals surface area contributed by atoms with Crippen molar-refractivity contribution in [2.45, 2.75) is 50.7 Å². The molecule has 20 heavy (non-hydrogen) atoms. The van der Waals surface area contributed by atoms with Crippen LogP contribution in [0.2, 0.25) is 0 Å². The van der Waals surface area contributed by atoms with Gasteiger partial charge in [-0.05, 0) is 18.8 Å². The quantitative estimate of drug-likeness (QED) is 0.737. The van der Waals surface area contributed by atoms with Crippen LogP contribution < -0.4 is 11.1 Å². The maximum Gasteiger partial charge on any atom is 0.411 e. The van der Waals surface area contributed by atoms with Crippen molar-refractivity contribution in [1.29, 1.82) is 0 Å². The van der Waals surface area contributed by atoms with E-state index in [-0.39, 0.29) is 24.9 Å². The first-order valence-corrected chi connectivity index (χ1v) is 6.95. The maximum atomic E-state index is 11.9. The summed E-state index contributed by atoms with van der Waals surface area (Å²) in [6.45, 7) is 0.842. The highest BCUT2D eigenvalue weighted by Gasteiger charge is 2.38. The van der Waals surface area contributed by atoms with Crippen molar-refractivity contribution in [1.82, 2.24) is 5.32 Å². The Morgan fingerprint density at radius 3 is 2.70 bits per heavy atom. The van der Waals surface area contributed by atoms with Crippen LogP contribution in [0.4, 0.5) is 13.2 Å². The van der Waals surface area contributed by atoms with Crippen LogP contribution in [0.5, 0.6) is 0 Å². The van der Waals surface area contributed by atoms with Crippen LogP contribution in [0.1, 0.15) is 39.0 Å². The van der Waals surface area contributed by atoms with Gasteiger partial charge in [0.2, 0.25) is 5.91 Å². The molecule has 1 fully saturated rings. The SMILES string of the molecule is CC1CCCCC1(CN)NC(=O)CCOCC(F)(F)F. The fourth-order valence-corrected chi connectivity index (χ4v) is 2.65. The highest BCUT2D eigenvalue weighted by molar-refractivity contribution is 5.77. The maximum absolute atomic E-state index is 11.9. The number of nitrogens with one attached hydrogen (secondary N) is 1. The number of halogens is 3. The third kappa shape index (κ3) is 5.28. The van der Waals surface area contributed by atoms with Gasteiger partial charge in [-0.15, -0.1) is 0 Å². The number of carbonyl (C=O) groups excluding carboxylic acids is 1. The van der Waals surface area contributed by atoms with E-state index < -0.39 is 18.3 Å². The normalized spacial score (nSPS) is 27.4. The molecule has 1 rings (SSSR count). The number of amides is 1. The molecule has 1 aliphatic rings. The van der Waals surface area contributed by atoms with Crippen LogP contribution in [0, 0.1) is 5.92 Å². The first-order valence-electron chi connectivity index (χ1n) is 6.95. The molecular formula is C13H23F3N2O2. The molecule has 2 atom stereocenters. The Balaban J connectivity index is 2.36. The zero-order valence-electron chi connectivity index (χ0n) is 11.8. The minimum Gasteiger partial charge on any atom is -0.372 e. The predicted octanol–water partition coefficient (Wildman–Crippen LogP) is 1.98. The van der Waals surface area contributed by atoms with E-state index in [0.29, 0.717) is 6.54 Å². The van der Waals surface area contributed by atoms with Crippen molar-refractivity contribution in [2.75, 3.05) is 19.8 Å². The second kappa shape index (κ2) is 7.26. The third-order valence-corrected chi connectivity index (χ3v) is 3.95. The van der Waals surface area contributed by atoms with Crippen molar-refractivity contribution < 1.29 is 22.7 Å². The van der Waals surface area contributed by atoms with E-state index in [1.807, 2.05) is 6.92 Å². The lowest BCUT2D eigenvalue weighted by molar-refractivity contribution is -0.174. The molecule has 1 saturated carbocycles. The van der Waals surface area contributed by atoms with Gasteiger partial charge in [0, 0.05) is 13.0 Å². The summed E-state index contributed by atoms with van der Waals surface area (Å²) in [6, 6.07) is 0. The number of hydrogen-bond acceptors (Lipinski definition) is 3. The van der Waals surface area contributed by atoms with Crippen molar-refractivity contribution in [3.8, 4) is 0 Å². The molecule has 1 aliphatic carbocycles. The lowest BCUT2D eigenvalue weighted by Gasteiger charge is -2.42. The van der Waals surface area contributed by atoms with Crippen molar-refractivity contribution in [3.63, 3.8) is 0 Å². The molecule has 0 bridgehead atoms. The summed E-state index contributed by atoms with van der Waals surface area (Å²) in [5.74, 6) is -0.0207. The zero-order chi connectivity index (χ0) is 15.2. The molecule has 0 aliphatic heterocycles. The lowest BCUT2D eigenvalue weighted by Crippen LogP contribution is -2.59. The summed E-state index contributed by atoms with van der Waals surface area (Å²) in [4.78, 5) is 11.8. The average Bonchev–Trinajstić information content (AvgIpc) is 2.36. The van der Waals surface area contributed by atoms with Gasteiger partial charge in [-0.25, -0.2) is 0 Å². The summed E-state index contributed by atoms with van der Waals surface area (Å²) in [6.07, 6.45) is -0.487. The van der Waals surface area contributed by atoms with Crippen molar-refractivity contribution in [2.24, 2.45) is 11.7 Å². The average molecular weight is 296 g/mol. The molecule has 2 unspecified atom stereocenters. The Hall–Kier alpha value is -0.820. The molecule has 0 radical (unpaired) electrons. The fraction of sp³-hybridized carbons (Fsp3) is 0.923. The van der Waals surface area contributed by atoms with Gasteiger partial charge < -0.3 is 15.8 Å². The molecule has 0 spiro atoms. The number of rotatable bonds is 6. The van der Waals surface area contributed by atoms with Crippen molar-refractivity contribution >= 4 is 5.91 Å². The van der Waals surface area contributed by atoms with E-state index in [4.69, 9.17) is 5.73 Å². The largest absolute Gasteiger partial charge is 0.411 e. The van der Waals surface area contributed by atoms with E-state index in [1.54, 1.807) is 0 Å². The van der Waals surface area contributed by atoms with Crippen LogP contribution in [-0.2, 0) is 9.53 Å². The monoisotopic (exact) mass is 296 g/mol. The van der Waals surface area contributed by atoms with Crippen molar-refractivity contribution in [3.05, 3.63) is 0 Å². The summed E-state index contributed by atoms with van der Waals surface area (Å²) in [5, 5.41) is 2.90. The predicted molar refractivity (Wildman–Crippen MR) is 69.1 cm³/mol. The molecule has 3 N–H and O–H groups in total. The number of nitrogens with two attached hydrogens (primary N) is 1. The molecular weight excluding hydrogens is 273 g/mol. The minimum atomic E-state index is -4.35. The standard InChI is InChI=1S/C13H23F3N2O2/c1-10-4-2-3-6-12(10,8-17)18-11(19)5-7-20-9-13(14,15)16/h10H,2-9,17H2,1H3,(H,18,19). The Kier molecular flexibility index (Phi) is 6.26. The van der Waals surface area contributed by atoms with Crippen LogP contribution in [-0.4, -0.2) is 37.4 Å². The Morgan fingerprint density at radius 2 is 2.15 bits per heavy atom. The van der Waals surface area contributed by atoms with Crippen LogP contribution in [0.25, 0.3) is 0 Å². The molecule has 0 heterocycles. The molecule has 0 aromatic rings. The lowest BCUT2D eigenvalue weighted by atomic mass is 9.73. The zero-order valence-corrected chi connectivity index (χ0v) is 11.8.